The first kappa shape index (κ1) is 15.0. The third kappa shape index (κ3) is 4.01. The molecule has 0 radical (unpaired) electrons. The maximum atomic E-state index is 12.1. The van der Waals surface area contributed by atoms with Gasteiger partial charge in [-0.1, -0.05) is 13.8 Å². The number of imidazole rings is 1. The molecule has 3 N–H and O–H groups in total. The number of anilines is 1. The van der Waals surface area contributed by atoms with Crippen LogP contribution in [0.3, 0.4) is 0 Å². The summed E-state index contributed by atoms with van der Waals surface area (Å²) in [5.74, 6) is 0.508. The topological polar surface area (TPSA) is 98.7 Å². The van der Waals surface area contributed by atoms with Crippen LogP contribution in [0.5, 0.6) is 0 Å². The monoisotopic (exact) mass is 288 g/mol. The summed E-state index contributed by atoms with van der Waals surface area (Å²) in [5, 5.41) is 2.83. The van der Waals surface area contributed by atoms with Gasteiger partial charge in [-0.25, -0.2) is 15.0 Å². The van der Waals surface area contributed by atoms with Crippen LogP contribution in [0.15, 0.2) is 24.9 Å². The Morgan fingerprint density at radius 3 is 2.95 bits per heavy atom. The van der Waals surface area contributed by atoms with Crippen molar-refractivity contribution in [2.45, 2.75) is 32.7 Å². The fourth-order valence-corrected chi connectivity index (χ4v) is 1.83. The van der Waals surface area contributed by atoms with Gasteiger partial charge in [0.2, 0.25) is 0 Å². The molecule has 7 heteroatoms. The minimum Gasteiger partial charge on any atom is -0.396 e. The SMILES string of the molecule is CC(C)c1ncc(N)c(C(=O)NCCCn2ccnc2)n1. The van der Waals surface area contributed by atoms with Gasteiger partial charge in [0.05, 0.1) is 18.2 Å². The predicted molar refractivity (Wildman–Crippen MR) is 79.7 cm³/mol. The van der Waals surface area contributed by atoms with E-state index in [9.17, 15) is 4.79 Å². The smallest absolute Gasteiger partial charge is 0.272 e. The number of nitrogens with zero attached hydrogens (tertiary/aromatic N) is 4. The zero-order valence-electron chi connectivity index (χ0n) is 12.3. The van der Waals surface area contributed by atoms with Crippen LogP contribution in [0.1, 0.15) is 42.5 Å². The number of carbonyl (C=O) groups excluding carboxylic acids is 1. The average Bonchev–Trinajstić information content (AvgIpc) is 2.96. The number of amides is 1. The fourth-order valence-electron chi connectivity index (χ4n) is 1.83. The molecule has 0 saturated carbocycles. The van der Waals surface area contributed by atoms with E-state index in [0.717, 1.165) is 13.0 Å². The maximum absolute atomic E-state index is 12.1. The Balaban J connectivity index is 1.89. The molecule has 7 nitrogen and oxygen atoms in total. The number of aromatic nitrogens is 4. The molecule has 2 heterocycles. The molecule has 21 heavy (non-hydrogen) atoms. The van der Waals surface area contributed by atoms with Gasteiger partial charge in [0.25, 0.3) is 5.91 Å². The number of nitrogens with two attached hydrogens (primary N) is 1. The van der Waals surface area contributed by atoms with Gasteiger partial charge < -0.3 is 15.6 Å². The van der Waals surface area contributed by atoms with Crippen molar-refractivity contribution in [2.75, 3.05) is 12.3 Å². The lowest BCUT2D eigenvalue weighted by Crippen LogP contribution is -2.27. The van der Waals surface area contributed by atoms with Crippen LogP contribution < -0.4 is 11.1 Å². The van der Waals surface area contributed by atoms with Gasteiger partial charge in [-0.2, -0.15) is 0 Å². The van der Waals surface area contributed by atoms with Crippen molar-refractivity contribution >= 4 is 11.6 Å². The van der Waals surface area contributed by atoms with Crippen molar-refractivity contribution in [1.82, 2.24) is 24.8 Å². The Labute approximate surface area is 123 Å². The highest BCUT2D eigenvalue weighted by molar-refractivity contribution is 5.96. The molecule has 0 unspecified atom stereocenters. The van der Waals surface area contributed by atoms with E-state index in [-0.39, 0.29) is 17.5 Å². The van der Waals surface area contributed by atoms with Gasteiger partial charge in [-0.3, -0.25) is 4.79 Å². The highest BCUT2D eigenvalue weighted by Crippen LogP contribution is 2.13. The van der Waals surface area contributed by atoms with Gasteiger partial charge in [0.1, 0.15) is 5.82 Å². The second-order valence-electron chi connectivity index (χ2n) is 5.10. The molecule has 0 aliphatic carbocycles. The number of carbonyl (C=O) groups is 1. The van der Waals surface area contributed by atoms with Gasteiger partial charge in [-0.05, 0) is 6.42 Å². The summed E-state index contributed by atoms with van der Waals surface area (Å²) in [6, 6.07) is 0. The fraction of sp³-hybridized carbons (Fsp3) is 0.429. The summed E-state index contributed by atoms with van der Waals surface area (Å²) in [4.78, 5) is 24.4. The van der Waals surface area contributed by atoms with Crippen LogP contribution in [0.4, 0.5) is 5.69 Å². The van der Waals surface area contributed by atoms with Gasteiger partial charge in [0, 0.05) is 31.4 Å². The highest BCUT2D eigenvalue weighted by atomic mass is 16.1. The van der Waals surface area contributed by atoms with Crippen molar-refractivity contribution < 1.29 is 4.79 Å². The van der Waals surface area contributed by atoms with E-state index in [0.29, 0.717) is 18.1 Å². The molecule has 0 aliphatic heterocycles. The average molecular weight is 288 g/mol. The van der Waals surface area contributed by atoms with Crippen LogP contribution in [-0.4, -0.2) is 32.0 Å². The standard InChI is InChI=1S/C14H20N6O/c1-10(2)13-18-8-11(15)12(19-13)14(21)17-4-3-6-20-7-5-16-9-20/h5,7-10H,3-4,6,15H2,1-2H3,(H,17,21). The maximum Gasteiger partial charge on any atom is 0.272 e. The lowest BCUT2D eigenvalue weighted by atomic mass is 10.2. The normalized spacial score (nSPS) is 10.8. The molecule has 0 aromatic carbocycles. The Morgan fingerprint density at radius 2 is 2.29 bits per heavy atom. The third-order valence-electron chi connectivity index (χ3n) is 3.01. The van der Waals surface area contributed by atoms with Crippen LogP contribution in [0.2, 0.25) is 0 Å². The second-order valence-corrected chi connectivity index (χ2v) is 5.10. The third-order valence-corrected chi connectivity index (χ3v) is 3.01. The predicted octanol–water partition coefficient (Wildman–Crippen LogP) is 1.20. The Bertz CT molecular complexity index is 594. The zero-order chi connectivity index (χ0) is 15.2. The summed E-state index contributed by atoms with van der Waals surface area (Å²) < 4.78 is 1.96. The van der Waals surface area contributed by atoms with Crippen molar-refractivity contribution in [2.24, 2.45) is 0 Å². The van der Waals surface area contributed by atoms with Crippen molar-refractivity contribution in [3.63, 3.8) is 0 Å². The summed E-state index contributed by atoms with van der Waals surface area (Å²) in [6.07, 6.45) is 7.67. The molecule has 112 valence electrons. The van der Waals surface area contributed by atoms with E-state index < -0.39 is 0 Å². The number of aryl methyl sites for hydroxylation is 1. The molecule has 2 rings (SSSR count). The lowest BCUT2D eigenvalue weighted by molar-refractivity contribution is 0.0948. The largest absolute Gasteiger partial charge is 0.396 e. The first-order chi connectivity index (χ1) is 10.1. The van der Waals surface area contributed by atoms with E-state index in [2.05, 4.69) is 20.3 Å². The molecule has 0 spiro atoms. The summed E-state index contributed by atoms with van der Waals surface area (Å²) in [5.41, 5.74) is 6.32. The second kappa shape index (κ2) is 6.83. The van der Waals surface area contributed by atoms with Crippen molar-refractivity contribution in [3.8, 4) is 0 Å². The van der Waals surface area contributed by atoms with Crippen molar-refractivity contribution in [3.05, 3.63) is 36.4 Å². The van der Waals surface area contributed by atoms with Crippen molar-refractivity contribution in [1.29, 1.82) is 0 Å². The van der Waals surface area contributed by atoms with Crippen LogP contribution in [0, 0.1) is 0 Å². The molecule has 0 fully saturated rings. The van der Waals surface area contributed by atoms with Crippen LogP contribution in [0.25, 0.3) is 0 Å². The van der Waals surface area contributed by atoms with Gasteiger partial charge >= 0.3 is 0 Å². The molecule has 0 bridgehead atoms. The Hall–Kier alpha value is -2.44. The minimum absolute atomic E-state index is 0.151. The Morgan fingerprint density at radius 1 is 1.48 bits per heavy atom. The number of nitrogens with one attached hydrogen (secondary N) is 1. The number of nitrogen functional groups attached to an aromatic ring is 1. The summed E-state index contributed by atoms with van der Waals surface area (Å²) >= 11 is 0. The quantitative estimate of drug-likeness (QED) is 0.778. The number of rotatable bonds is 6. The molecule has 2 aromatic heterocycles. The first-order valence-corrected chi connectivity index (χ1v) is 6.94. The van der Waals surface area contributed by atoms with Gasteiger partial charge in [-0.15, -0.1) is 0 Å². The first-order valence-electron chi connectivity index (χ1n) is 6.94. The highest BCUT2D eigenvalue weighted by Gasteiger charge is 2.14. The number of hydrogen-bond acceptors (Lipinski definition) is 5. The molecule has 0 aliphatic rings. The molecular weight excluding hydrogens is 268 g/mol. The van der Waals surface area contributed by atoms with Crippen LogP contribution >= 0.6 is 0 Å². The van der Waals surface area contributed by atoms with E-state index in [1.54, 1.807) is 12.5 Å². The summed E-state index contributed by atoms with van der Waals surface area (Å²) in [6.45, 7) is 5.30. The molecule has 1 amide bonds. The molecular formula is C14H20N6O. The van der Waals surface area contributed by atoms with E-state index in [4.69, 9.17) is 5.73 Å². The number of hydrogen-bond donors (Lipinski definition) is 2. The van der Waals surface area contributed by atoms with Gasteiger partial charge in [0.15, 0.2) is 5.69 Å². The molecule has 2 aromatic rings. The van der Waals surface area contributed by atoms with E-state index >= 15 is 0 Å². The minimum atomic E-state index is -0.262. The van der Waals surface area contributed by atoms with E-state index in [1.807, 2.05) is 24.6 Å². The summed E-state index contributed by atoms with van der Waals surface area (Å²) in [7, 11) is 0. The molecule has 0 atom stereocenters. The lowest BCUT2D eigenvalue weighted by Gasteiger charge is -2.09. The molecule has 0 saturated heterocycles. The Kier molecular flexibility index (Phi) is 4.86. The van der Waals surface area contributed by atoms with E-state index in [1.165, 1.54) is 6.20 Å². The van der Waals surface area contributed by atoms with Crippen LogP contribution in [-0.2, 0) is 6.54 Å². The zero-order valence-corrected chi connectivity index (χ0v) is 12.3.